The molecular formula is C24H37N3O8. The topological polar surface area (TPSA) is 154 Å². The number of nitrogens with one attached hydrogen (secondary N) is 2. The SMILES string of the molecule is C=CCCCOCC(NC(=O)OC(C)(C)C)C(=O)N1C[C@H](O)C[C@H]1C(=O)NC1(C(=O)O)CC1C=C. The minimum Gasteiger partial charge on any atom is -0.479 e. The second-order valence-corrected chi connectivity index (χ2v) is 9.91. The van der Waals surface area contributed by atoms with Gasteiger partial charge in [-0.2, -0.15) is 0 Å². The number of carboxylic acids is 1. The number of aliphatic carboxylic acids is 1. The van der Waals surface area contributed by atoms with Crippen molar-refractivity contribution in [3.05, 3.63) is 25.3 Å². The van der Waals surface area contributed by atoms with E-state index in [9.17, 15) is 29.4 Å². The molecule has 11 heteroatoms. The number of likely N-dealkylation sites (tertiary alicyclic amines) is 1. The third-order valence-electron chi connectivity index (χ3n) is 5.86. The lowest BCUT2D eigenvalue weighted by Crippen LogP contribution is -2.57. The van der Waals surface area contributed by atoms with Crippen LogP contribution < -0.4 is 10.6 Å². The predicted octanol–water partition coefficient (Wildman–Crippen LogP) is 0.970. The number of rotatable bonds is 12. The van der Waals surface area contributed by atoms with Crippen molar-refractivity contribution in [1.29, 1.82) is 0 Å². The molecule has 0 spiro atoms. The summed E-state index contributed by atoms with van der Waals surface area (Å²) in [6, 6.07) is -2.28. The van der Waals surface area contributed by atoms with Gasteiger partial charge in [-0.25, -0.2) is 9.59 Å². The summed E-state index contributed by atoms with van der Waals surface area (Å²) >= 11 is 0. The Morgan fingerprint density at radius 3 is 2.49 bits per heavy atom. The van der Waals surface area contributed by atoms with Gasteiger partial charge in [0.15, 0.2) is 0 Å². The van der Waals surface area contributed by atoms with Crippen molar-refractivity contribution in [2.75, 3.05) is 19.8 Å². The molecular weight excluding hydrogens is 458 g/mol. The van der Waals surface area contributed by atoms with Crippen LogP contribution in [-0.2, 0) is 23.9 Å². The van der Waals surface area contributed by atoms with Crippen molar-refractivity contribution in [3.8, 4) is 0 Å². The van der Waals surface area contributed by atoms with Crippen LogP contribution in [0.4, 0.5) is 4.79 Å². The lowest BCUT2D eigenvalue weighted by molar-refractivity contribution is -0.146. The molecule has 0 aromatic carbocycles. The number of unbranched alkanes of at least 4 members (excludes halogenated alkanes) is 1. The Labute approximate surface area is 205 Å². The highest BCUT2D eigenvalue weighted by Crippen LogP contribution is 2.44. The van der Waals surface area contributed by atoms with Crippen LogP contribution in [0.5, 0.6) is 0 Å². The van der Waals surface area contributed by atoms with Crippen molar-refractivity contribution < 1.29 is 38.9 Å². The van der Waals surface area contributed by atoms with Crippen LogP contribution in [-0.4, -0.2) is 88.1 Å². The summed E-state index contributed by atoms with van der Waals surface area (Å²) in [5, 5.41) is 24.8. The van der Waals surface area contributed by atoms with E-state index in [1.165, 1.54) is 6.08 Å². The van der Waals surface area contributed by atoms with Gasteiger partial charge in [0, 0.05) is 25.5 Å². The lowest BCUT2D eigenvalue weighted by Gasteiger charge is -2.30. The van der Waals surface area contributed by atoms with E-state index >= 15 is 0 Å². The molecule has 1 saturated heterocycles. The number of amides is 3. The van der Waals surface area contributed by atoms with Crippen LogP contribution in [0.1, 0.15) is 46.5 Å². The quantitative estimate of drug-likeness (QED) is 0.231. The summed E-state index contributed by atoms with van der Waals surface area (Å²) in [5.74, 6) is -2.95. The van der Waals surface area contributed by atoms with E-state index in [-0.39, 0.29) is 26.0 Å². The summed E-state index contributed by atoms with van der Waals surface area (Å²) in [7, 11) is 0. The Morgan fingerprint density at radius 2 is 1.94 bits per heavy atom. The molecule has 1 heterocycles. The van der Waals surface area contributed by atoms with Crippen molar-refractivity contribution in [2.24, 2.45) is 5.92 Å². The Hall–Kier alpha value is -2.92. The van der Waals surface area contributed by atoms with Crippen molar-refractivity contribution in [2.45, 2.75) is 75.8 Å². The number of nitrogens with zero attached hydrogens (tertiary/aromatic N) is 1. The summed E-state index contributed by atoms with van der Waals surface area (Å²) in [6.45, 7) is 12.3. The van der Waals surface area contributed by atoms with Gasteiger partial charge >= 0.3 is 12.1 Å². The molecule has 2 rings (SSSR count). The number of aliphatic hydroxyl groups excluding tert-OH is 1. The average Bonchev–Trinajstić information content (AvgIpc) is 3.34. The molecule has 0 aromatic heterocycles. The van der Waals surface area contributed by atoms with E-state index in [0.29, 0.717) is 13.0 Å². The van der Waals surface area contributed by atoms with Gasteiger partial charge in [0.25, 0.3) is 0 Å². The van der Waals surface area contributed by atoms with Crippen molar-refractivity contribution in [3.63, 3.8) is 0 Å². The Morgan fingerprint density at radius 1 is 1.26 bits per heavy atom. The predicted molar refractivity (Wildman–Crippen MR) is 126 cm³/mol. The highest BCUT2D eigenvalue weighted by Gasteiger charge is 2.61. The fourth-order valence-corrected chi connectivity index (χ4v) is 3.98. The number of alkyl carbamates (subject to hydrolysis) is 1. The molecule has 2 fully saturated rings. The normalized spacial score (nSPS) is 26.4. The maximum Gasteiger partial charge on any atom is 0.408 e. The molecule has 1 saturated carbocycles. The van der Waals surface area contributed by atoms with E-state index in [1.807, 2.05) is 0 Å². The summed E-state index contributed by atoms with van der Waals surface area (Å²) in [4.78, 5) is 51.7. The van der Waals surface area contributed by atoms with Gasteiger partial charge < -0.3 is 35.2 Å². The van der Waals surface area contributed by atoms with Crippen molar-refractivity contribution >= 4 is 23.9 Å². The first-order valence-electron chi connectivity index (χ1n) is 11.7. The van der Waals surface area contributed by atoms with Crippen LogP contribution in [0.2, 0.25) is 0 Å². The minimum atomic E-state index is -1.47. The second-order valence-electron chi connectivity index (χ2n) is 9.91. The number of allylic oxidation sites excluding steroid dienone is 1. The third kappa shape index (κ3) is 7.53. The summed E-state index contributed by atoms with van der Waals surface area (Å²) in [6.07, 6.45) is 2.91. The lowest BCUT2D eigenvalue weighted by atomic mass is 10.1. The van der Waals surface area contributed by atoms with Gasteiger partial charge in [-0.1, -0.05) is 12.2 Å². The van der Waals surface area contributed by atoms with Crippen molar-refractivity contribution in [1.82, 2.24) is 15.5 Å². The number of hydrogen-bond acceptors (Lipinski definition) is 7. The van der Waals surface area contributed by atoms with Gasteiger partial charge in [0.1, 0.15) is 23.2 Å². The molecule has 4 N–H and O–H groups in total. The molecule has 3 unspecified atom stereocenters. The fraction of sp³-hybridized carbons (Fsp3) is 0.667. The van der Waals surface area contributed by atoms with E-state index in [4.69, 9.17) is 9.47 Å². The van der Waals surface area contributed by atoms with Gasteiger partial charge in [-0.3, -0.25) is 9.59 Å². The molecule has 5 atom stereocenters. The average molecular weight is 496 g/mol. The van der Waals surface area contributed by atoms with E-state index in [0.717, 1.165) is 11.3 Å². The highest BCUT2D eigenvalue weighted by molar-refractivity contribution is 5.96. The highest BCUT2D eigenvalue weighted by atomic mass is 16.6. The minimum absolute atomic E-state index is 0.0641. The first kappa shape index (κ1) is 28.3. The number of carbonyl (C=O) groups is 4. The standard InChI is InChI=1S/C24H37N3O8/c1-6-8-9-10-34-14-17(25-22(33)35-23(3,4)5)20(30)27-13-16(28)11-18(27)19(29)26-24(21(31)32)12-15(24)7-2/h6-7,15-18,28H,1-2,8-14H2,3-5H3,(H,25,33)(H,26,29)(H,31,32)/t15?,16-,17?,18+,24?/m1/s1. The van der Waals surface area contributed by atoms with Gasteiger partial charge in [0.2, 0.25) is 11.8 Å². The number of carboxylic acid groups (broad SMARTS) is 1. The second kappa shape index (κ2) is 11.7. The largest absolute Gasteiger partial charge is 0.479 e. The molecule has 196 valence electrons. The van der Waals surface area contributed by atoms with Crippen LogP contribution in [0.15, 0.2) is 25.3 Å². The zero-order valence-corrected chi connectivity index (χ0v) is 20.6. The van der Waals surface area contributed by atoms with E-state index in [2.05, 4.69) is 23.8 Å². The van der Waals surface area contributed by atoms with Crippen LogP contribution in [0.25, 0.3) is 0 Å². The molecule has 11 nitrogen and oxygen atoms in total. The maximum absolute atomic E-state index is 13.4. The zero-order valence-electron chi connectivity index (χ0n) is 20.6. The fourth-order valence-electron chi connectivity index (χ4n) is 3.98. The van der Waals surface area contributed by atoms with E-state index in [1.54, 1.807) is 26.8 Å². The zero-order chi connectivity index (χ0) is 26.4. The van der Waals surface area contributed by atoms with Crippen LogP contribution >= 0.6 is 0 Å². The first-order valence-corrected chi connectivity index (χ1v) is 11.7. The first-order chi connectivity index (χ1) is 16.3. The maximum atomic E-state index is 13.4. The van der Waals surface area contributed by atoms with Crippen LogP contribution in [0, 0.1) is 5.92 Å². The van der Waals surface area contributed by atoms with Gasteiger partial charge in [-0.15, -0.1) is 13.2 Å². The Kier molecular flexibility index (Phi) is 9.45. The molecule has 0 radical (unpaired) electrons. The molecule has 1 aliphatic heterocycles. The Balaban J connectivity index is 2.15. The number of hydrogen-bond donors (Lipinski definition) is 4. The molecule has 2 aliphatic rings. The molecule has 1 aliphatic carbocycles. The molecule has 0 aromatic rings. The monoisotopic (exact) mass is 495 g/mol. The summed E-state index contributed by atoms with van der Waals surface area (Å²) in [5.41, 5.74) is -2.27. The number of β-amino-alcohol motifs (C(OH)–C–C–N with tert-alkyl or cyclic N) is 1. The summed E-state index contributed by atoms with van der Waals surface area (Å²) < 4.78 is 10.8. The van der Waals surface area contributed by atoms with E-state index < -0.39 is 59.1 Å². The number of ether oxygens (including phenoxy) is 2. The van der Waals surface area contributed by atoms with Gasteiger partial charge in [-0.05, 0) is 40.0 Å². The third-order valence-corrected chi connectivity index (χ3v) is 5.86. The van der Waals surface area contributed by atoms with Gasteiger partial charge in [0.05, 0.1) is 12.7 Å². The molecule has 3 amide bonds. The van der Waals surface area contributed by atoms with Crippen LogP contribution in [0.3, 0.4) is 0 Å². The Bertz CT molecular complexity index is 839. The number of carbonyl (C=O) groups excluding carboxylic acids is 3. The molecule has 0 bridgehead atoms. The molecule has 35 heavy (non-hydrogen) atoms. The smallest absolute Gasteiger partial charge is 0.408 e. The number of aliphatic hydroxyl groups is 1.